The van der Waals surface area contributed by atoms with Crippen molar-refractivity contribution in [2.45, 2.75) is 18.0 Å². The van der Waals surface area contributed by atoms with Crippen molar-refractivity contribution in [1.29, 1.82) is 0 Å². The van der Waals surface area contributed by atoms with Crippen molar-refractivity contribution in [2.75, 3.05) is 12.0 Å². The van der Waals surface area contributed by atoms with Crippen molar-refractivity contribution >= 4 is 15.5 Å². The normalized spacial score (nSPS) is 11.4. The lowest BCUT2D eigenvalue weighted by atomic mass is 10.1. The fourth-order valence-electron chi connectivity index (χ4n) is 1.89. The second kappa shape index (κ2) is 6.07. The maximum Gasteiger partial charge on any atom is 0.175 e. The maximum absolute atomic E-state index is 11.4. The van der Waals surface area contributed by atoms with Gasteiger partial charge in [-0.3, -0.25) is 0 Å². The van der Waals surface area contributed by atoms with Gasteiger partial charge in [0.15, 0.2) is 9.84 Å². The van der Waals surface area contributed by atoms with E-state index in [1.807, 2.05) is 36.4 Å². The summed E-state index contributed by atoms with van der Waals surface area (Å²) >= 11 is 0. The smallest absolute Gasteiger partial charge is 0.175 e. The number of nitrogens with one attached hydrogen (secondary N) is 1. The van der Waals surface area contributed by atoms with Gasteiger partial charge in [-0.25, -0.2) is 8.42 Å². The van der Waals surface area contributed by atoms with Gasteiger partial charge in [0, 0.05) is 25.0 Å². The molecule has 106 valence electrons. The SMILES string of the molecule is CS(=O)(=O)c1ccc(CNCc2ccccc2N)cc1. The molecule has 2 rings (SSSR count). The Hall–Kier alpha value is -1.85. The van der Waals surface area contributed by atoms with E-state index in [0.29, 0.717) is 18.0 Å². The fraction of sp³-hybridized carbons (Fsp3) is 0.200. The van der Waals surface area contributed by atoms with Crippen LogP contribution in [0.5, 0.6) is 0 Å². The molecule has 4 nitrogen and oxygen atoms in total. The molecule has 2 aromatic carbocycles. The summed E-state index contributed by atoms with van der Waals surface area (Å²) in [4.78, 5) is 0.341. The molecule has 3 N–H and O–H groups in total. The number of rotatable bonds is 5. The Morgan fingerprint density at radius 2 is 1.65 bits per heavy atom. The second-order valence-corrected chi connectivity index (χ2v) is 6.73. The molecular weight excluding hydrogens is 272 g/mol. The first-order valence-electron chi connectivity index (χ1n) is 6.30. The minimum atomic E-state index is -3.13. The van der Waals surface area contributed by atoms with Crippen LogP contribution in [0.3, 0.4) is 0 Å². The minimum Gasteiger partial charge on any atom is -0.398 e. The summed E-state index contributed by atoms with van der Waals surface area (Å²) in [5.74, 6) is 0. The highest BCUT2D eigenvalue weighted by Gasteiger charge is 2.05. The average molecular weight is 290 g/mol. The maximum atomic E-state index is 11.4. The highest BCUT2D eigenvalue weighted by Crippen LogP contribution is 2.12. The van der Waals surface area contributed by atoms with Crippen LogP contribution in [0.15, 0.2) is 53.4 Å². The van der Waals surface area contributed by atoms with Crippen molar-refractivity contribution in [3.8, 4) is 0 Å². The molecule has 0 saturated heterocycles. The summed E-state index contributed by atoms with van der Waals surface area (Å²) in [6.45, 7) is 1.35. The van der Waals surface area contributed by atoms with Crippen LogP contribution in [-0.4, -0.2) is 14.7 Å². The Morgan fingerprint density at radius 3 is 2.25 bits per heavy atom. The Balaban J connectivity index is 1.94. The first kappa shape index (κ1) is 14.6. The van der Waals surface area contributed by atoms with Gasteiger partial charge < -0.3 is 11.1 Å². The summed E-state index contributed by atoms with van der Waals surface area (Å²) in [5, 5.41) is 3.29. The van der Waals surface area contributed by atoms with E-state index in [9.17, 15) is 8.42 Å². The first-order valence-corrected chi connectivity index (χ1v) is 8.19. The van der Waals surface area contributed by atoms with Crippen molar-refractivity contribution in [1.82, 2.24) is 5.32 Å². The number of sulfone groups is 1. The highest BCUT2D eigenvalue weighted by molar-refractivity contribution is 7.90. The van der Waals surface area contributed by atoms with Gasteiger partial charge in [0.25, 0.3) is 0 Å². The van der Waals surface area contributed by atoms with Gasteiger partial charge in [0.2, 0.25) is 0 Å². The van der Waals surface area contributed by atoms with E-state index in [1.165, 1.54) is 6.26 Å². The van der Waals surface area contributed by atoms with Crippen LogP contribution in [-0.2, 0) is 22.9 Å². The highest BCUT2D eigenvalue weighted by atomic mass is 32.2. The molecule has 0 aromatic heterocycles. The molecule has 0 fully saturated rings. The van der Waals surface area contributed by atoms with E-state index in [4.69, 9.17) is 5.73 Å². The third-order valence-corrected chi connectivity index (χ3v) is 4.18. The average Bonchev–Trinajstić information content (AvgIpc) is 2.40. The molecule has 0 amide bonds. The number of anilines is 1. The largest absolute Gasteiger partial charge is 0.398 e. The molecule has 0 heterocycles. The summed E-state index contributed by atoms with van der Waals surface area (Å²) in [6.07, 6.45) is 1.21. The lowest BCUT2D eigenvalue weighted by Gasteiger charge is -2.08. The zero-order valence-electron chi connectivity index (χ0n) is 11.3. The fourth-order valence-corrected chi connectivity index (χ4v) is 2.52. The van der Waals surface area contributed by atoms with Crippen LogP contribution in [0.1, 0.15) is 11.1 Å². The van der Waals surface area contributed by atoms with Gasteiger partial charge in [-0.05, 0) is 29.3 Å². The molecule has 0 spiro atoms. The lowest BCUT2D eigenvalue weighted by molar-refractivity contribution is 0.602. The summed E-state index contributed by atoms with van der Waals surface area (Å²) < 4.78 is 22.7. The molecule has 0 aliphatic rings. The number of nitrogens with two attached hydrogens (primary N) is 1. The number of benzene rings is 2. The summed E-state index contributed by atoms with van der Waals surface area (Å²) in [5.41, 5.74) is 8.72. The molecular formula is C15H18N2O2S. The van der Waals surface area contributed by atoms with Crippen molar-refractivity contribution in [3.05, 3.63) is 59.7 Å². The van der Waals surface area contributed by atoms with E-state index >= 15 is 0 Å². The zero-order valence-corrected chi connectivity index (χ0v) is 12.2. The van der Waals surface area contributed by atoms with Crippen LogP contribution in [0.2, 0.25) is 0 Å². The third-order valence-electron chi connectivity index (χ3n) is 3.05. The standard InChI is InChI=1S/C15H18N2O2S/c1-20(18,19)14-8-6-12(7-9-14)10-17-11-13-4-2-3-5-15(13)16/h2-9,17H,10-11,16H2,1H3. The van der Waals surface area contributed by atoms with Gasteiger partial charge in [0.05, 0.1) is 4.90 Å². The predicted octanol–water partition coefficient (Wildman–Crippen LogP) is 1.96. The van der Waals surface area contributed by atoms with Gasteiger partial charge in [0.1, 0.15) is 0 Å². The molecule has 0 radical (unpaired) electrons. The van der Waals surface area contributed by atoms with Gasteiger partial charge in [-0.2, -0.15) is 0 Å². The molecule has 0 atom stereocenters. The Labute approximate surface area is 119 Å². The topological polar surface area (TPSA) is 72.2 Å². The molecule has 0 bridgehead atoms. The molecule has 0 aliphatic heterocycles. The van der Waals surface area contributed by atoms with Gasteiger partial charge >= 0.3 is 0 Å². The number of hydrogen-bond donors (Lipinski definition) is 2. The van der Waals surface area contributed by atoms with Crippen molar-refractivity contribution in [3.63, 3.8) is 0 Å². The Morgan fingerprint density at radius 1 is 1.00 bits per heavy atom. The van der Waals surface area contributed by atoms with E-state index in [1.54, 1.807) is 12.1 Å². The van der Waals surface area contributed by atoms with E-state index < -0.39 is 9.84 Å². The number of nitrogen functional groups attached to an aromatic ring is 1. The van der Waals surface area contributed by atoms with Gasteiger partial charge in [-0.1, -0.05) is 30.3 Å². The predicted molar refractivity (Wildman–Crippen MR) is 80.9 cm³/mol. The quantitative estimate of drug-likeness (QED) is 0.826. The minimum absolute atomic E-state index is 0.341. The molecule has 0 saturated carbocycles. The monoisotopic (exact) mass is 290 g/mol. The van der Waals surface area contributed by atoms with Crippen LogP contribution in [0.25, 0.3) is 0 Å². The Bertz CT molecular complexity index is 679. The molecule has 5 heteroatoms. The summed E-state index contributed by atoms with van der Waals surface area (Å²) in [6, 6.07) is 14.6. The zero-order chi connectivity index (χ0) is 14.6. The second-order valence-electron chi connectivity index (χ2n) is 4.72. The van der Waals surface area contributed by atoms with Gasteiger partial charge in [-0.15, -0.1) is 0 Å². The van der Waals surface area contributed by atoms with Crippen molar-refractivity contribution in [2.24, 2.45) is 0 Å². The number of para-hydroxylation sites is 1. The lowest BCUT2D eigenvalue weighted by Crippen LogP contribution is -2.13. The molecule has 2 aromatic rings. The van der Waals surface area contributed by atoms with Crippen LogP contribution >= 0.6 is 0 Å². The molecule has 20 heavy (non-hydrogen) atoms. The van der Waals surface area contributed by atoms with E-state index in [0.717, 1.165) is 16.8 Å². The third kappa shape index (κ3) is 3.82. The first-order chi connectivity index (χ1) is 9.47. The van der Waals surface area contributed by atoms with Crippen LogP contribution < -0.4 is 11.1 Å². The Kier molecular flexibility index (Phi) is 4.42. The molecule has 0 unspecified atom stereocenters. The summed E-state index contributed by atoms with van der Waals surface area (Å²) in [7, 11) is -3.13. The molecule has 0 aliphatic carbocycles. The van der Waals surface area contributed by atoms with Crippen molar-refractivity contribution < 1.29 is 8.42 Å². The van der Waals surface area contributed by atoms with Crippen LogP contribution in [0.4, 0.5) is 5.69 Å². The number of hydrogen-bond acceptors (Lipinski definition) is 4. The van der Waals surface area contributed by atoms with E-state index in [-0.39, 0.29) is 0 Å². The van der Waals surface area contributed by atoms with E-state index in [2.05, 4.69) is 5.32 Å². The van der Waals surface area contributed by atoms with Crippen LogP contribution in [0, 0.1) is 0 Å².